The third-order valence-corrected chi connectivity index (χ3v) is 7.67. The molecular weight excluding hydrogens is 414 g/mol. The van der Waals surface area contributed by atoms with Crippen molar-refractivity contribution in [1.29, 1.82) is 0 Å². The van der Waals surface area contributed by atoms with Gasteiger partial charge in [0.15, 0.2) is 0 Å². The van der Waals surface area contributed by atoms with Crippen LogP contribution in [0.2, 0.25) is 0 Å². The van der Waals surface area contributed by atoms with Crippen LogP contribution >= 0.6 is 0 Å². The Balaban J connectivity index is 1.57. The highest BCUT2D eigenvalue weighted by atomic mass is 15.3. The van der Waals surface area contributed by atoms with Gasteiger partial charge in [-0.2, -0.15) is 0 Å². The van der Waals surface area contributed by atoms with E-state index in [1.807, 2.05) is 0 Å². The summed E-state index contributed by atoms with van der Waals surface area (Å²) in [6.45, 7) is 5.58. The van der Waals surface area contributed by atoms with Crippen molar-refractivity contribution in [3.05, 3.63) is 108 Å². The number of anilines is 1. The molecule has 0 saturated heterocycles. The van der Waals surface area contributed by atoms with E-state index in [0.29, 0.717) is 0 Å². The van der Waals surface area contributed by atoms with Gasteiger partial charge in [-0.05, 0) is 64.7 Å². The highest BCUT2D eigenvalue weighted by molar-refractivity contribution is 6.12. The highest BCUT2D eigenvalue weighted by Gasteiger charge is 2.36. The van der Waals surface area contributed by atoms with Crippen LogP contribution in [0.5, 0.6) is 0 Å². The van der Waals surface area contributed by atoms with Crippen molar-refractivity contribution in [2.75, 3.05) is 18.6 Å². The first-order valence-electron chi connectivity index (χ1n) is 12.0. The Kier molecular flexibility index (Phi) is 3.88. The highest BCUT2D eigenvalue weighted by Crippen LogP contribution is 2.51. The van der Waals surface area contributed by atoms with E-state index in [0.717, 1.165) is 6.67 Å². The van der Waals surface area contributed by atoms with Crippen molar-refractivity contribution in [2.45, 2.75) is 19.3 Å². The molecule has 1 aliphatic carbocycles. The van der Waals surface area contributed by atoms with Gasteiger partial charge in [0.1, 0.15) is 0 Å². The fraction of sp³-hybridized carbons (Fsp3) is 0.161. The zero-order chi connectivity index (χ0) is 23.0. The molecule has 1 aromatic heterocycles. The fourth-order valence-corrected chi connectivity index (χ4v) is 5.93. The SMILES string of the molecule is CN1C=CN(c2ccc3c(c2)c2cc4c(cc2n3-c2ccccc2)C(C)(C)c2ccccc2-4)C1. The van der Waals surface area contributed by atoms with Gasteiger partial charge in [0.25, 0.3) is 0 Å². The molecule has 0 fully saturated rings. The number of benzene rings is 4. The predicted molar refractivity (Wildman–Crippen MR) is 143 cm³/mol. The summed E-state index contributed by atoms with van der Waals surface area (Å²) >= 11 is 0. The Hall–Kier alpha value is -3.98. The minimum atomic E-state index is -0.0197. The van der Waals surface area contributed by atoms with E-state index in [1.54, 1.807) is 0 Å². The second kappa shape index (κ2) is 6.77. The summed E-state index contributed by atoms with van der Waals surface area (Å²) in [4.78, 5) is 4.50. The Bertz CT molecular complexity index is 1620. The molecule has 0 amide bonds. The first-order chi connectivity index (χ1) is 16.5. The molecule has 34 heavy (non-hydrogen) atoms. The molecule has 5 aromatic rings. The maximum Gasteiger partial charge on any atom is 0.0938 e. The van der Waals surface area contributed by atoms with Crippen molar-refractivity contribution in [2.24, 2.45) is 0 Å². The summed E-state index contributed by atoms with van der Waals surface area (Å²) < 4.78 is 2.43. The van der Waals surface area contributed by atoms with Crippen LogP contribution in [-0.4, -0.2) is 23.2 Å². The second-order valence-electron chi connectivity index (χ2n) is 10.1. The molecule has 0 atom stereocenters. The van der Waals surface area contributed by atoms with Crippen LogP contribution in [0, 0.1) is 0 Å². The number of aromatic nitrogens is 1. The molecule has 0 spiro atoms. The lowest BCUT2D eigenvalue weighted by molar-refractivity contribution is 0.496. The molecule has 0 N–H and O–H groups in total. The number of hydrogen-bond donors (Lipinski definition) is 0. The van der Waals surface area contributed by atoms with Gasteiger partial charge in [-0.15, -0.1) is 0 Å². The average Bonchev–Trinajstić information content (AvgIpc) is 3.50. The van der Waals surface area contributed by atoms with E-state index in [9.17, 15) is 0 Å². The minimum Gasteiger partial charge on any atom is -0.361 e. The largest absolute Gasteiger partial charge is 0.361 e. The second-order valence-corrected chi connectivity index (χ2v) is 10.1. The molecule has 0 radical (unpaired) electrons. The molecule has 2 heterocycles. The quantitative estimate of drug-likeness (QED) is 0.285. The van der Waals surface area contributed by atoms with Crippen LogP contribution in [0.4, 0.5) is 5.69 Å². The van der Waals surface area contributed by atoms with E-state index < -0.39 is 0 Å². The first kappa shape index (κ1) is 19.5. The summed E-state index contributed by atoms with van der Waals surface area (Å²) in [5.74, 6) is 0. The number of para-hydroxylation sites is 1. The maximum atomic E-state index is 2.45. The summed E-state index contributed by atoms with van der Waals surface area (Å²) in [6.07, 6.45) is 4.29. The van der Waals surface area contributed by atoms with Crippen LogP contribution in [-0.2, 0) is 5.41 Å². The zero-order valence-corrected chi connectivity index (χ0v) is 19.8. The van der Waals surface area contributed by atoms with Crippen molar-refractivity contribution in [3.63, 3.8) is 0 Å². The lowest BCUT2D eigenvalue weighted by Gasteiger charge is -2.21. The van der Waals surface area contributed by atoms with Gasteiger partial charge in [-0.25, -0.2) is 0 Å². The van der Waals surface area contributed by atoms with E-state index in [-0.39, 0.29) is 5.41 Å². The average molecular weight is 442 g/mol. The lowest BCUT2D eigenvalue weighted by atomic mass is 9.82. The molecule has 2 aliphatic rings. The standard InChI is InChI=1S/C31H27N3/c1-31(2)27-12-8-7-11-23(27)24-18-26-25-17-22(33-16-15-32(3)20-33)13-14-29(25)34(30(26)19-28(24)31)21-9-5-4-6-10-21/h4-19H,20H2,1-3H3. The van der Waals surface area contributed by atoms with E-state index >= 15 is 0 Å². The van der Waals surface area contributed by atoms with Gasteiger partial charge in [0.05, 0.1) is 17.7 Å². The van der Waals surface area contributed by atoms with E-state index in [2.05, 4.69) is 133 Å². The lowest BCUT2D eigenvalue weighted by Crippen LogP contribution is -2.21. The van der Waals surface area contributed by atoms with Gasteiger partial charge in [0, 0.05) is 47.0 Å². The Morgan fingerprint density at radius 2 is 1.41 bits per heavy atom. The third-order valence-electron chi connectivity index (χ3n) is 7.67. The monoisotopic (exact) mass is 441 g/mol. The van der Waals surface area contributed by atoms with Crippen LogP contribution < -0.4 is 4.90 Å². The summed E-state index contributed by atoms with van der Waals surface area (Å²) in [5.41, 5.74) is 10.5. The number of rotatable bonds is 2. The molecule has 7 rings (SSSR count). The van der Waals surface area contributed by atoms with Crippen LogP contribution in [0.3, 0.4) is 0 Å². The van der Waals surface area contributed by atoms with Crippen molar-refractivity contribution in [3.8, 4) is 16.8 Å². The molecular formula is C31H27N3. The molecule has 3 nitrogen and oxygen atoms in total. The first-order valence-corrected chi connectivity index (χ1v) is 12.0. The van der Waals surface area contributed by atoms with Crippen LogP contribution in [0.25, 0.3) is 38.6 Å². The van der Waals surface area contributed by atoms with Gasteiger partial charge in [-0.1, -0.05) is 56.3 Å². The van der Waals surface area contributed by atoms with Gasteiger partial charge in [-0.3, -0.25) is 0 Å². The summed E-state index contributed by atoms with van der Waals surface area (Å²) in [5, 5.41) is 2.60. The molecule has 0 saturated carbocycles. The molecule has 1 aliphatic heterocycles. The van der Waals surface area contributed by atoms with Gasteiger partial charge >= 0.3 is 0 Å². The molecule has 0 bridgehead atoms. The molecule has 4 aromatic carbocycles. The van der Waals surface area contributed by atoms with Crippen LogP contribution in [0.1, 0.15) is 25.0 Å². The summed E-state index contributed by atoms with van der Waals surface area (Å²) in [6, 6.07) is 31.4. The topological polar surface area (TPSA) is 11.4 Å². The fourth-order valence-electron chi connectivity index (χ4n) is 5.93. The number of hydrogen-bond acceptors (Lipinski definition) is 2. The molecule has 166 valence electrons. The number of nitrogens with zero attached hydrogens (tertiary/aromatic N) is 3. The van der Waals surface area contributed by atoms with Crippen molar-refractivity contribution >= 4 is 27.5 Å². The van der Waals surface area contributed by atoms with Gasteiger partial charge < -0.3 is 14.4 Å². The number of fused-ring (bicyclic) bond motifs is 6. The van der Waals surface area contributed by atoms with Crippen molar-refractivity contribution in [1.82, 2.24) is 9.47 Å². The Labute approximate surface area is 200 Å². The Morgan fingerprint density at radius 3 is 2.21 bits per heavy atom. The normalized spacial score (nSPS) is 16.0. The predicted octanol–water partition coefficient (Wildman–Crippen LogP) is 7.27. The maximum absolute atomic E-state index is 2.45. The van der Waals surface area contributed by atoms with E-state index in [1.165, 1.54) is 55.4 Å². The van der Waals surface area contributed by atoms with E-state index in [4.69, 9.17) is 0 Å². The smallest absolute Gasteiger partial charge is 0.0938 e. The Morgan fingerprint density at radius 1 is 0.647 bits per heavy atom. The van der Waals surface area contributed by atoms with Gasteiger partial charge in [0.2, 0.25) is 0 Å². The van der Waals surface area contributed by atoms with Crippen molar-refractivity contribution < 1.29 is 0 Å². The molecule has 3 heteroatoms. The van der Waals surface area contributed by atoms with Crippen LogP contribution in [0.15, 0.2) is 97.3 Å². The third kappa shape index (κ3) is 2.58. The zero-order valence-electron chi connectivity index (χ0n) is 19.8. The minimum absolute atomic E-state index is 0.0197. The summed E-state index contributed by atoms with van der Waals surface area (Å²) in [7, 11) is 2.11. The molecule has 0 unspecified atom stereocenters.